The van der Waals surface area contributed by atoms with Crippen molar-refractivity contribution in [2.45, 2.75) is 25.1 Å². The Balaban J connectivity index is 1.77. The summed E-state index contributed by atoms with van der Waals surface area (Å²) in [6, 6.07) is 13.0. The van der Waals surface area contributed by atoms with Crippen LogP contribution in [0.2, 0.25) is 0 Å². The normalized spacial score (nSPS) is 19.5. The molecule has 2 atom stereocenters. The molecule has 7 heteroatoms. The van der Waals surface area contributed by atoms with Crippen LogP contribution in [0.5, 0.6) is 5.75 Å². The summed E-state index contributed by atoms with van der Waals surface area (Å²) in [5, 5.41) is 14.2. The summed E-state index contributed by atoms with van der Waals surface area (Å²) in [5.74, 6) is -1.06. The number of fused-ring (bicyclic) bond motifs is 3. The van der Waals surface area contributed by atoms with Gasteiger partial charge < -0.3 is 24.9 Å². The molecule has 2 heterocycles. The number of rotatable bonds is 4. The minimum atomic E-state index is -2.88. The number of carbonyl (C=O) groups excluding carboxylic acids is 1. The molecular weight excluding hydrogens is 342 g/mol. The highest BCUT2D eigenvalue weighted by molar-refractivity contribution is 5.86. The predicted molar refractivity (Wildman–Crippen MR) is 87.6 cm³/mol. The maximum absolute atomic E-state index is 12.3. The number of carboxylic acids is 1. The standard InChI is InChI=1S/C19H16F2N2O3/c20-19(21)26-11-7-5-10(6-8-11)16-17-13(9-15(23-16)18(24)25)12-3-1-2-4-14(12)22-17/h1-8,15-16,19,22-23H,9H2,(H,24,25). The Morgan fingerprint density at radius 3 is 2.62 bits per heavy atom. The van der Waals surface area contributed by atoms with Crippen molar-refractivity contribution in [3.05, 3.63) is 65.4 Å². The average molecular weight is 358 g/mol. The fraction of sp³-hybridized carbons (Fsp3) is 0.211. The fourth-order valence-electron chi connectivity index (χ4n) is 3.62. The van der Waals surface area contributed by atoms with E-state index in [-0.39, 0.29) is 11.8 Å². The SMILES string of the molecule is O=C([O-])C1Cc2c([nH]c3ccccc23)C(c2ccc(OC(F)F)cc2)[NH2+]1. The number of aromatic nitrogens is 1. The lowest BCUT2D eigenvalue weighted by Crippen LogP contribution is -2.95. The van der Waals surface area contributed by atoms with E-state index in [2.05, 4.69) is 9.72 Å². The highest BCUT2D eigenvalue weighted by Gasteiger charge is 2.34. The van der Waals surface area contributed by atoms with Crippen LogP contribution in [0, 0.1) is 0 Å². The Bertz CT molecular complexity index is 953. The summed E-state index contributed by atoms with van der Waals surface area (Å²) in [4.78, 5) is 14.9. The first-order valence-electron chi connectivity index (χ1n) is 8.23. The third-order valence-electron chi connectivity index (χ3n) is 4.77. The second-order valence-corrected chi connectivity index (χ2v) is 6.31. The van der Waals surface area contributed by atoms with E-state index in [9.17, 15) is 18.7 Å². The van der Waals surface area contributed by atoms with Crippen LogP contribution in [0.3, 0.4) is 0 Å². The van der Waals surface area contributed by atoms with E-state index in [0.717, 1.165) is 27.7 Å². The number of benzene rings is 2. The van der Waals surface area contributed by atoms with E-state index in [1.165, 1.54) is 12.1 Å². The summed E-state index contributed by atoms with van der Waals surface area (Å²) in [7, 11) is 0. The Morgan fingerprint density at radius 1 is 1.19 bits per heavy atom. The first kappa shape index (κ1) is 16.5. The van der Waals surface area contributed by atoms with E-state index in [4.69, 9.17) is 0 Å². The lowest BCUT2D eigenvalue weighted by atomic mass is 9.90. The lowest BCUT2D eigenvalue weighted by Gasteiger charge is -2.29. The summed E-state index contributed by atoms with van der Waals surface area (Å²) < 4.78 is 29.0. The number of carbonyl (C=O) groups is 1. The van der Waals surface area contributed by atoms with Crippen LogP contribution >= 0.6 is 0 Å². The molecule has 2 unspecified atom stereocenters. The van der Waals surface area contributed by atoms with Gasteiger partial charge in [-0.15, -0.1) is 0 Å². The number of ether oxygens (including phenoxy) is 1. The maximum Gasteiger partial charge on any atom is 0.387 e. The molecule has 3 aromatic rings. The molecule has 4 rings (SSSR count). The van der Waals surface area contributed by atoms with E-state index in [1.807, 2.05) is 24.3 Å². The minimum Gasteiger partial charge on any atom is -0.544 e. The third kappa shape index (κ3) is 2.90. The Kier molecular flexibility index (Phi) is 4.08. The second-order valence-electron chi connectivity index (χ2n) is 6.31. The van der Waals surface area contributed by atoms with E-state index in [0.29, 0.717) is 6.42 Å². The topological polar surface area (TPSA) is 81.8 Å². The van der Waals surface area contributed by atoms with Gasteiger partial charge in [0.2, 0.25) is 0 Å². The number of halogens is 2. The molecule has 134 valence electrons. The molecule has 1 aliphatic heterocycles. The lowest BCUT2D eigenvalue weighted by molar-refractivity contribution is -0.717. The Labute approximate surface area is 147 Å². The zero-order chi connectivity index (χ0) is 18.3. The number of aromatic amines is 1. The van der Waals surface area contributed by atoms with Gasteiger partial charge in [-0.1, -0.05) is 18.2 Å². The fourth-order valence-corrected chi connectivity index (χ4v) is 3.62. The molecule has 1 aromatic heterocycles. The van der Waals surface area contributed by atoms with Gasteiger partial charge in [-0.2, -0.15) is 8.78 Å². The van der Waals surface area contributed by atoms with Crippen LogP contribution in [-0.4, -0.2) is 23.6 Å². The first-order chi connectivity index (χ1) is 12.5. The van der Waals surface area contributed by atoms with Crippen molar-refractivity contribution >= 4 is 16.9 Å². The number of nitrogens with two attached hydrogens (primary N) is 1. The number of nitrogens with one attached hydrogen (secondary N) is 1. The molecule has 0 aliphatic carbocycles. The van der Waals surface area contributed by atoms with Crippen molar-refractivity contribution in [2.24, 2.45) is 0 Å². The Hall–Kier alpha value is -2.93. The number of hydrogen-bond donors (Lipinski definition) is 2. The van der Waals surface area contributed by atoms with Crippen molar-refractivity contribution in [2.75, 3.05) is 0 Å². The van der Waals surface area contributed by atoms with Crippen LogP contribution in [-0.2, 0) is 11.2 Å². The Morgan fingerprint density at radius 2 is 1.92 bits per heavy atom. The van der Waals surface area contributed by atoms with Gasteiger partial charge in [-0.3, -0.25) is 0 Å². The third-order valence-corrected chi connectivity index (χ3v) is 4.77. The molecule has 0 fully saturated rings. The van der Waals surface area contributed by atoms with Crippen LogP contribution in [0.25, 0.3) is 10.9 Å². The van der Waals surface area contributed by atoms with Gasteiger partial charge >= 0.3 is 6.61 Å². The van der Waals surface area contributed by atoms with Crippen molar-refractivity contribution < 1.29 is 28.7 Å². The number of aliphatic carboxylic acids is 1. The van der Waals surface area contributed by atoms with Gasteiger partial charge in [0.25, 0.3) is 0 Å². The van der Waals surface area contributed by atoms with Crippen LogP contribution in [0.15, 0.2) is 48.5 Å². The number of hydrogen-bond acceptors (Lipinski definition) is 3. The monoisotopic (exact) mass is 358 g/mol. The van der Waals surface area contributed by atoms with Crippen LogP contribution in [0.1, 0.15) is 22.9 Å². The first-order valence-corrected chi connectivity index (χ1v) is 8.23. The van der Waals surface area contributed by atoms with E-state index in [1.54, 1.807) is 17.4 Å². The molecule has 3 N–H and O–H groups in total. The van der Waals surface area contributed by atoms with Crippen molar-refractivity contribution in [1.82, 2.24) is 4.98 Å². The molecule has 0 spiro atoms. The highest BCUT2D eigenvalue weighted by Crippen LogP contribution is 2.32. The van der Waals surface area contributed by atoms with E-state index >= 15 is 0 Å². The molecule has 0 radical (unpaired) electrons. The van der Waals surface area contributed by atoms with Gasteiger partial charge in [0.05, 0.1) is 11.7 Å². The smallest absolute Gasteiger partial charge is 0.387 e. The largest absolute Gasteiger partial charge is 0.544 e. The second kappa shape index (κ2) is 6.42. The zero-order valence-corrected chi connectivity index (χ0v) is 13.6. The molecule has 0 bridgehead atoms. The molecule has 0 saturated heterocycles. The molecule has 0 saturated carbocycles. The summed E-state index contributed by atoms with van der Waals surface area (Å²) in [6.07, 6.45) is 0.366. The summed E-state index contributed by atoms with van der Waals surface area (Å²) >= 11 is 0. The predicted octanol–water partition coefficient (Wildman–Crippen LogP) is 1.10. The van der Waals surface area contributed by atoms with Gasteiger partial charge in [-0.05, 0) is 35.9 Å². The average Bonchev–Trinajstić information content (AvgIpc) is 3.00. The van der Waals surface area contributed by atoms with E-state index < -0.39 is 18.6 Å². The van der Waals surface area contributed by atoms with Crippen molar-refractivity contribution in [1.29, 1.82) is 0 Å². The van der Waals surface area contributed by atoms with Gasteiger partial charge in [-0.25, -0.2) is 0 Å². The summed E-state index contributed by atoms with van der Waals surface area (Å²) in [6.45, 7) is -2.88. The minimum absolute atomic E-state index is 0.0629. The number of alkyl halides is 2. The molecule has 0 amide bonds. The quantitative estimate of drug-likeness (QED) is 0.733. The number of quaternary nitrogens is 1. The molecule has 1 aliphatic rings. The van der Waals surface area contributed by atoms with Crippen molar-refractivity contribution in [3.63, 3.8) is 0 Å². The maximum atomic E-state index is 12.3. The number of carboxylic acid groups (broad SMARTS) is 1. The van der Waals surface area contributed by atoms with Crippen LogP contribution in [0.4, 0.5) is 8.78 Å². The molecule has 2 aromatic carbocycles. The van der Waals surface area contributed by atoms with Crippen molar-refractivity contribution in [3.8, 4) is 5.75 Å². The van der Waals surface area contributed by atoms with Crippen LogP contribution < -0.4 is 15.2 Å². The molecule has 26 heavy (non-hydrogen) atoms. The van der Waals surface area contributed by atoms with Gasteiger partial charge in [0, 0.05) is 22.9 Å². The van der Waals surface area contributed by atoms with Gasteiger partial charge in [0.15, 0.2) is 6.04 Å². The number of para-hydroxylation sites is 1. The molecular formula is C19H16F2N2O3. The molecule has 5 nitrogen and oxygen atoms in total. The zero-order valence-electron chi connectivity index (χ0n) is 13.6. The highest BCUT2D eigenvalue weighted by atomic mass is 19.3. The summed E-state index contributed by atoms with van der Waals surface area (Å²) in [5.41, 5.74) is 3.61. The number of H-pyrrole nitrogens is 1. The van der Waals surface area contributed by atoms with Gasteiger partial charge in [0.1, 0.15) is 11.8 Å².